The van der Waals surface area contributed by atoms with E-state index < -0.39 is 0 Å². The first kappa shape index (κ1) is 19.2. The van der Waals surface area contributed by atoms with Crippen molar-refractivity contribution in [2.24, 2.45) is 23.5 Å². The van der Waals surface area contributed by atoms with Gasteiger partial charge in [0.2, 0.25) is 5.91 Å². The molecule has 4 unspecified atom stereocenters. The monoisotopic (exact) mass is 352 g/mol. The quantitative estimate of drug-likeness (QED) is 0.741. The van der Waals surface area contributed by atoms with Gasteiger partial charge in [-0.2, -0.15) is 0 Å². The van der Waals surface area contributed by atoms with Gasteiger partial charge in [-0.3, -0.25) is 4.79 Å². The number of hydrogen-bond acceptors (Lipinski definition) is 3. The molecule has 24 heavy (non-hydrogen) atoms. The van der Waals surface area contributed by atoms with Crippen molar-refractivity contribution in [1.29, 1.82) is 0 Å². The number of rotatable bonds is 7. The number of nitrogens with one attached hydrogen (secondary N) is 1. The Morgan fingerprint density at radius 2 is 1.96 bits per heavy atom. The molecule has 134 valence electrons. The van der Waals surface area contributed by atoms with Crippen LogP contribution in [0.4, 0.5) is 0 Å². The fraction of sp³-hybridized carbons (Fsp3) is 0.632. The predicted molar refractivity (Wildman–Crippen MR) is 97.8 cm³/mol. The van der Waals surface area contributed by atoms with Crippen LogP contribution in [0.1, 0.15) is 43.7 Å². The average molecular weight is 353 g/mol. The lowest BCUT2D eigenvalue weighted by Crippen LogP contribution is -2.45. The van der Waals surface area contributed by atoms with Crippen molar-refractivity contribution in [2.45, 2.75) is 51.8 Å². The van der Waals surface area contributed by atoms with E-state index in [-0.39, 0.29) is 30.3 Å². The molecule has 2 aliphatic carbocycles. The first-order chi connectivity index (χ1) is 11.2. The Kier molecular flexibility index (Phi) is 7.08. The molecule has 2 fully saturated rings. The normalized spacial score (nSPS) is 27.8. The lowest BCUT2D eigenvalue weighted by Gasteiger charge is -2.27. The molecule has 0 spiro atoms. The molecule has 0 radical (unpaired) electrons. The Morgan fingerprint density at radius 3 is 2.62 bits per heavy atom. The third-order valence-electron chi connectivity index (χ3n) is 5.46. The second kappa shape index (κ2) is 8.84. The minimum atomic E-state index is 0. The highest BCUT2D eigenvalue weighted by atomic mass is 35.5. The van der Waals surface area contributed by atoms with Gasteiger partial charge in [0.15, 0.2) is 0 Å². The van der Waals surface area contributed by atoms with Crippen molar-refractivity contribution >= 4 is 18.3 Å². The van der Waals surface area contributed by atoms with Gasteiger partial charge in [-0.25, -0.2) is 0 Å². The van der Waals surface area contributed by atoms with Crippen molar-refractivity contribution < 1.29 is 9.53 Å². The van der Waals surface area contributed by atoms with Crippen molar-refractivity contribution in [2.75, 3.05) is 6.61 Å². The van der Waals surface area contributed by atoms with Crippen molar-refractivity contribution in [3.05, 3.63) is 35.4 Å². The largest absolute Gasteiger partial charge is 0.377 e. The molecule has 4 atom stereocenters. The zero-order chi connectivity index (χ0) is 16.2. The molecule has 3 rings (SSSR count). The summed E-state index contributed by atoms with van der Waals surface area (Å²) in [6, 6.07) is 8.21. The van der Waals surface area contributed by atoms with E-state index in [0.717, 1.165) is 37.0 Å². The van der Waals surface area contributed by atoms with E-state index in [1.807, 2.05) is 12.1 Å². The van der Waals surface area contributed by atoms with E-state index >= 15 is 0 Å². The van der Waals surface area contributed by atoms with Gasteiger partial charge in [-0.15, -0.1) is 12.4 Å². The average Bonchev–Trinajstić information content (AvgIpc) is 3.15. The molecule has 5 heteroatoms. The fourth-order valence-corrected chi connectivity index (χ4v) is 4.22. The van der Waals surface area contributed by atoms with Gasteiger partial charge in [0, 0.05) is 19.2 Å². The Bertz CT molecular complexity index is 550. The number of carbonyl (C=O) groups excluding carboxylic acids is 1. The van der Waals surface area contributed by atoms with E-state index in [4.69, 9.17) is 10.5 Å². The number of fused-ring (bicyclic) bond motifs is 2. The SMILES string of the molecule is CCCOCc1ccccc1CNC(=O)C1C2CCC(C2)C1N.Cl. The molecular formula is C19H29ClN2O2. The van der Waals surface area contributed by atoms with Crippen LogP contribution in [0.15, 0.2) is 24.3 Å². The fourth-order valence-electron chi connectivity index (χ4n) is 4.22. The molecule has 0 aliphatic heterocycles. The highest BCUT2D eigenvalue weighted by molar-refractivity contribution is 5.85. The zero-order valence-corrected chi connectivity index (χ0v) is 15.2. The third kappa shape index (κ3) is 4.11. The summed E-state index contributed by atoms with van der Waals surface area (Å²) in [6.07, 6.45) is 4.52. The summed E-state index contributed by atoms with van der Waals surface area (Å²) in [5, 5.41) is 3.11. The van der Waals surface area contributed by atoms with Crippen molar-refractivity contribution in [3.63, 3.8) is 0 Å². The topological polar surface area (TPSA) is 64.3 Å². The van der Waals surface area contributed by atoms with Crippen molar-refractivity contribution in [3.8, 4) is 0 Å². The van der Waals surface area contributed by atoms with Gasteiger partial charge in [-0.05, 0) is 48.6 Å². The van der Waals surface area contributed by atoms with E-state index in [1.165, 1.54) is 6.42 Å². The Morgan fingerprint density at radius 1 is 1.25 bits per heavy atom. The highest BCUT2D eigenvalue weighted by Crippen LogP contribution is 2.47. The minimum absolute atomic E-state index is 0. The highest BCUT2D eigenvalue weighted by Gasteiger charge is 2.48. The molecule has 4 nitrogen and oxygen atoms in total. The molecule has 0 aromatic heterocycles. The number of benzene rings is 1. The Balaban J connectivity index is 0.00000208. The van der Waals surface area contributed by atoms with Gasteiger partial charge in [0.25, 0.3) is 0 Å². The molecule has 3 N–H and O–H groups in total. The molecule has 0 heterocycles. The van der Waals surface area contributed by atoms with Gasteiger partial charge >= 0.3 is 0 Å². The van der Waals surface area contributed by atoms with Crippen molar-refractivity contribution in [1.82, 2.24) is 5.32 Å². The molecule has 2 saturated carbocycles. The van der Waals surface area contributed by atoms with Crippen LogP contribution in [0, 0.1) is 17.8 Å². The third-order valence-corrected chi connectivity index (χ3v) is 5.46. The predicted octanol–water partition coefficient (Wildman–Crippen LogP) is 3.02. The van der Waals surface area contributed by atoms with Gasteiger partial charge < -0.3 is 15.8 Å². The number of carbonyl (C=O) groups is 1. The number of ether oxygens (including phenoxy) is 1. The second-order valence-corrected chi connectivity index (χ2v) is 6.98. The number of hydrogen-bond donors (Lipinski definition) is 2. The van der Waals surface area contributed by atoms with Gasteiger partial charge in [0.1, 0.15) is 0 Å². The number of halogens is 1. The summed E-state index contributed by atoms with van der Waals surface area (Å²) in [7, 11) is 0. The van der Waals surface area contributed by atoms with Gasteiger partial charge in [-0.1, -0.05) is 31.2 Å². The van der Waals surface area contributed by atoms with Crippen LogP contribution in [0.2, 0.25) is 0 Å². The van der Waals surface area contributed by atoms with E-state index in [0.29, 0.717) is 25.0 Å². The summed E-state index contributed by atoms with van der Waals surface area (Å²) < 4.78 is 5.64. The maximum atomic E-state index is 12.6. The van der Waals surface area contributed by atoms with E-state index in [1.54, 1.807) is 0 Å². The van der Waals surface area contributed by atoms with Crippen LogP contribution >= 0.6 is 12.4 Å². The first-order valence-electron chi connectivity index (χ1n) is 8.88. The molecule has 1 aromatic carbocycles. The molecule has 1 amide bonds. The first-order valence-corrected chi connectivity index (χ1v) is 8.88. The molecule has 1 aromatic rings. The van der Waals surface area contributed by atoms with Gasteiger partial charge in [0.05, 0.1) is 12.5 Å². The Hall–Kier alpha value is -1.10. The summed E-state index contributed by atoms with van der Waals surface area (Å²) >= 11 is 0. The number of nitrogens with two attached hydrogens (primary N) is 1. The lowest BCUT2D eigenvalue weighted by atomic mass is 9.84. The molecule has 2 aliphatic rings. The standard InChI is InChI=1S/C19H28N2O2.ClH/c1-2-9-23-12-16-6-4-3-5-15(16)11-21-19(22)17-13-7-8-14(10-13)18(17)20;/h3-6,13-14,17-18H,2,7-12,20H2,1H3,(H,21,22);1H. The van der Waals surface area contributed by atoms with Crippen LogP contribution in [-0.2, 0) is 22.7 Å². The minimum Gasteiger partial charge on any atom is -0.377 e. The van der Waals surface area contributed by atoms with E-state index in [9.17, 15) is 4.79 Å². The summed E-state index contributed by atoms with van der Waals surface area (Å²) in [4.78, 5) is 12.6. The van der Waals surface area contributed by atoms with E-state index in [2.05, 4.69) is 24.4 Å². The smallest absolute Gasteiger partial charge is 0.225 e. The summed E-state index contributed by atoms with van der Waals surface area (Å²) in [6.45, 7) is 4.03. The molecule has 2 bridgehead atoms. The number of amides is 1. The lowest BCUT2D eigenvalue weighted by molar-refractivity contribution is -0.127. The molecule has 0 saturated heterocycles. The Labute approximate surface area is 150 Å². The maximum Gasteiger partial charge on any atom is 0.225 e. The summed E-state index contributed by atoms with van der Waals surface area (Å²) in [5.41, 5.74) is 8.55. The second-order valence-electron chi connectivity index (χ2n) is 6.98. The maximum absolute atomic E-state index is 12.6. The van der Waals surface area contributed by atoms with Crippen LogP contribution in [0.5, 0.6) is 0 Å². The van der Waals surface area contributed by atoms with Crippen LogP contribution < -0.4 is 11.1 Å². The van der Waals surface area contributed by atoms with Crippen LogP contribution in [0.25, 0.3) is 0 Å². The van der Waals surface area contributed by atoms with Crippen LogP contribution in [-0.4, -0.2) is 18.6 Å². The molecular weight excluding hydrogens is 324 g/mol. The van der Waals surface area contributed by atoms with Crippen LogP contribution in [0.3, 0.4) is 0 Å². The summed E-state index contributed by atoms with van der Waals surface area (Å²) in [5.74, 6) is 1.20. The zero-order valence-electron chi connectivity index (χ0n) is 14.4.